The van der Waals surface area contributed by atoms with E-state index >= 15 is 0 Å². The summed E-state index contributed by atoms with van der Waals surface area (Å²) in [5.74, 6) is -1.27. The Morgan fingerprint density at radius 3 is 3.00 bits per heavy atom. The zero-order chi connectivity index (χ0) is 13.7. The highest BCUT2D eigenvalue weighted by molar-refractivity contribution is 5.86. The number of nitrogens with one attached hydrogen (secondary N) is 2. The Morgan fingerprint density at radius 1 is 1.47 bits per heavy atom. The molecule has 0 bridgehead atoms. The lowest BCUT2D eigenvalue weighted by molar-refractivity contribution is -0.121. The second-order valence-electron chi connectivity index (χ2n) is 4.00. The monoisotopic (exact) mass is 262 g/mol. The lowest BCUT2D eigenvalue weighted by Gasteiger charge is -2.07. The van der Waals surface area contributed by atoms with Gasteiger partial charge in [-0.3, -0.25) is 4.79 Å². The van der Waals surface area contributed by atoms with E-state index in [9.17, 15) is 9.59 Å². The third-order valence-corrected chi connectivity index (χ3v) is 2.63. The summed E-state index contributed by atoms with van der Waals surface area (Å²) < 4.78 is 1.40. The Hall–Kier alpha value is -2.57. The number of carbonyl (C=O) groups excluding carboxylic acids is 1. The number of imidazole rings is 1. The maximum Gasteiger partial charge on any atom is 0.352 e. The first-order valence-electron chi connectivity index (χ1n) is 5.79. The highest BCUT2D eigenvalue weighted by atomic mass is 16.4. The van der Waals surface area contributed by atoms with E-state index in [1.165, 1.54) is 10.6 Å². The molecule has 1 amide bonds. The third-order valence-electron chi connectivity index (χ3n) is 2.63. The van der Waals surface area contributed by atoms with Crippen LogP contribution in [0.1, 0.15) is 16.2 Å². The number of hydrogen-bond donors (Lipinski definition) is 3. The molecular weight excluding hydrogens is 248 g/mol. The Kier molecular flexibility index (Phi) is 3.97. The van der Waals surface area contributed by atoms with Gasteiger partial charge < -0.3 is 20.0 Å². The largest absolute Gasteiger partial charge is 0.477 e. The van der Waals surface area contributed by atoms with Gasteiger partial charge in [-0.25, -0.2) is 9.78 Å². The van der Waals surface area contributed by atoms with E-state index < -0.39 is 5.97 Å². The van der Waals surface area contributed by atoms with Crippen molar-refractivity contribution in [2.75, 3.05) is 6.54 Å². The van der Waals surface area contributed by atoms with E-state index in [-0.39, 0.29) is 18.1 Å². The van der Waals surface area contributed by atoms with Gasteiger partial charge in [0.05, 0.1) is 6.33 Å². The van der Waals surface area contributed by atoms with E-state index in [0.717, 1.165) is 5.69 Å². The number of aromatic nitrogens is 3. The van der Waals surface area contributed by atoms with Gasteiger partial charge in [0, 0.05) is 31.1 Å². The summed E-state index contributed by atoms with van der Waals surface area (Å²) in [6.07, 6.45) is 5.50. The Bertz CT molecular complexity index is 559. The second kappa shape index (κ2) is 5.85. The first-order valence-corrected chi connectivity index (χ1v) is 5.79. The average molecular weight is 262 g/mol. The molecule has 0 radical (unpaired) electrons. The highest BCUT2D eigenvalue weighted by Gasteiger charge is 2.11. The van der Waals surface area contributed by atoms with Crippen molar-refractivity contribution in [2.24, 2.45) is 0 Å². The number of H-pyrrole nitrogens is 1. The first kappa shape index (κ1) is 12.9. The number of hydrogen-bond acceptors (Lipinski definition) is 3. The molecule has 0 aliphatic heterocycles. The molecule has 0 aliphatic rings. The highest BCUT2D eigenvalue weighted by Crippen LogP contribution is 2.01. The topological polar surface area (TPSA) is 100 Å². The van der Waals surface area contributed by atoms with Crippen LogP contribution in [0.2, 0.25) is 0 Å². The number of amides is 1. The van der Waals surface area contributed by atoms with E-state index in [1.54, 1.807) is 24.8 Å². The fourth-order valence-corrected chi connectivity index (χ4v) is 1.71. The molecule has 2 aromatic heterocycles. The van der Waals surface area contributed by atoms with Crippen molar-refractivity contribution < 1.29 is 14.7 Å². The molecule has 2 aromatic rings. The van der Waals surface area contributed by atoms with Crippen LogP contribution in [0.5, 0.6) is 0 Å². The van der Waals surface area contributed by atoms with Crippen molar-refractivity contribution in [3.63, 3.8) is 0 Å². The minimum atomic E-state index is -1.05. The standard InChI is InChI=1S/C12H14N4O3/c17-11(14-4-3-9-6-13-8-15-9)7-16-5-1-2-10(16)12(18)19/h1-2,5-6,8H,3-4,7H2,(H,13,15)(H,14,17)(H,18,19). The molecule has 3 N–H and O–H groups in total. The van der Waals surface area contributed by atoms with Crippen LogP contribution in [0.25, 0.3) is 0 Å². The lowest BCUT2D eigenvalue weighted by atomic mass is 10.3. The Balaban J connectivity index is 1.81. The van der Waals surface area contributed by atoms with Gasteiger partial charge in [-0.15, -0.1) is 0 Å². The molecule has 2 heterocycles. The summed E-state index contributed by atoms with van der Waals surface area (Å²) in [7, 11) is 0. The predicted octanol–water partition coefficient (Wildman–Crippen LogP) is 0.268. The molecule has 0 unspecified atom stereocenters. The van der Waals surface area contributed by atoms with Gasteiger partial charge in [0.2, 0.25) is 5.91 Å². The van der Waals surface area contributed by atoms with Gasteiger partial charge >= 0.3 is 5.97 Å². The molecule has 2 rings (SSSR count). The molecule has 0 aliphatic carbocycles. The van der Waals surface area contributed by atoms with Crippen molar-refractivity contribution >= 4 is 11.9 Å². The summed E-state index contributed by atoms with van der Waals surface area (Å²) in [6, 6.07) is 3.06. The van der Waals surface area contributed by atoms with Crippen LogP contribution < -0.4 is 5.32 Å². The number of aromatic amines is 1. The molecule has 7 heteroatoms. The molecule has 7 nitrogen and oxygen atoms in total. The van der Waals surface area contributed by atoms with Crippen molar-refractivity contribution in [2.45, 2.75) is 13.0 Å². The van der Waals surface area contributed by atoms with Gasteiger partial charge in [0.15, 0.2) is 0 Å². The van der Waals surface area contributed by atoms with Gasteiger partial charge in [-0.2, -0.15) is 0 Å². The van der Waals surface area contributed by atoms with Crippen LogP contribution in [0.4, 0.5) is 0 Å². The van der Waals surface area contributed by atoms with Crippen LogP contribution in [0, 0.1) is 0 Å². The molecule has 0 spiro atoms. The summed E-state index contributed by atoms with van der Waals surface area (Å²) in [5, 5.41) is 11.6. The molecule has 0 atom stereocenters. The van der Waals surface area contributed by atoms with Crippen LogP contribution in [-0.4, -0.2) is 38.1 Å². The van der Waals surface area contributed by atoms with Crippen molar-refractivity contribution in [3.8, 4) is 0 Å². The average Bonchev–Trinajstić information content (AvgIpc) is 2.99. The number of carboxylic acid groups (broad SMARTS) is 1. The first-order chi connectivity index (χ1) is 9.16. The Morgan fingerprint density at radius 2 is 2.32 bits per heavy atom. The van der Waals surface area contributed by atoms with Crippen molar-refractivity contribution in [1.29, 1.82) is 0 Å². The van der Waals surface area contributed by atoms with Crippen LogP contribution in [-0.2, 0) is 17.8 Å². The minimum Gasteiger partial charge on any atom is -0.477 e. The smallest absolute Gasteiger partial charge is 0.352 e. The van der Waals surface area contributed by atoms with Crippen molar-refractivity contribution in [1.82, 2.24) is 19.9 Å². The summed E-state index contributed by atoms with van der Waals surface area (Å²) in [5.41, 5.74) is 1.04. The number of nitrogens with zero attached hydrogens (tertiary/aromatic N) is 2. The van der Waals surface area contributed by atoms with Gasteiger partial charge in [0.25, 0.3) is 0 Å². The fourth-order valence-electron chi connectivity index (χ4n) is 1.71. The van der Waals surface area contributed by atoms with Crippen LogP contribution in [0.15, 0.2) is 30.9 Å². The number of rotatable bonds is 6. The molecule has 0 saturated carbocycles. The van der Waals surface area contributed by atoms with E-state index in [1.807, 2.05) is 0 Å². The molecule has 0 aromatic carbocycles. The second-order valence-corrected chi connectivity index (χ2v) is 4.00. The molecule has 19 heavy (non-hydrogen) atoms. The summed E-state index contributed by atoms with van der Waals surface area (Å²) >= 11 is 0. The predicted molar refractivity (Wildman–Crippen MR) is 66.7 cm³/mol. The van der Waals surface area contributed by atoms with E-state index in [0.29, 0.717) is 13.0 Å². The minimum absolute atomic E-state index is 0.00237. The zero-order valence-corrected chi connectivity index (χ0v) is 10.2. The maximum atomic E-state index is 11.7. The third kappa shape index (κ3) is 3.44. The Labute approximate surface area is 109 Å². The quantitative estimate of drug-likeness (QED) is 0.695. The van der Waals surface area contributed by atoms with Gasteiger partial charge in [-0.05, 0) is 12.1 Å². The fraction of sp³-hybridized carbons (Fsp3) is 0.250. The van der Waals surface area contributed by atoms with E-state index in [4.69, 9.17) is 5.11 Å². The van der Waals surface area contributed by atoms with Crippen LogP contribution >= 0.6 is 0 Å². The maximum absolute atomic E-state index is 11.7. The number of carbonyl (C=O) groups is 2. The van der Waals surface area contributed by atoms with Gasteiger partial charge in [0.1, 0.15) is 12.2 Å². The summed E-state index contributed by atoms with van der Waals surface area (Å²) in [4.78, 5) is 29.3. The molecular formula is C12H14N4O3. The van der Waals surface area contributed by atoms with Crippen LogP contribution in [0.3, 0.4) is 0 Å². The molecule has 0 saturated heterocycles. The summed E-state index contributed by atoms with van der Waals surface area (Å²) in [6.45, 7) is 0.475. The van der Waals surface area contributed by atoms with Gasteiger partial charge in [-0.1, -0.05) is 0 Å². The molecule has 100 valence electrons. The normalized spacial score (nSPS) is 10.3. The zero-order valence-electron chi connectivity index (χ0n) is 10.2. The van der Waals surface area contributed by atoms with Crippen molar-refractivity contribution in [3.05, 3.63) is 42.2 Å². The SMILES string of the molecule is O=C(Cn1cccc1C(=O)O)NCCc1cnc[nH]1. The number of carboxylic acids is 1. The number of aromatic carboxylic acids is 1. The van der Waals surface area contributed by atoms with E-state index in [2.05, 4.69) is 15.3 Å². The lowest BCUT2D eigenvalue weighted by Crippen LogP contribution is -2.30. The molecule has 0 fully saturated rings.